The van der Waals surface area contributed by atoms with Gasteiger partial charge in [-0.05, 0) is 44.7 Å². The van der Waals surface area contributed by atoms with Gasteiger partial charge < -0.3 is 24.4 Å². The van der Waals surface area contributed by atoms with Crippen LogP contribution in [0.1, 0.15) is 62.2 Å². The number of aromatic nitrogens is 1. The zero-order chi connectivity index (χ0) is 24.1. The Balaban J connectivity index is 1.61. The SMILES string of the molecule is CCOC(=O)c1cnc2c(OC)ccc(OC)c2c1N1CCC(NC(=O)C2CCCCC2)CC1. The van der Waals surface area contributed by atoms with Gasteiger partial charge in [-0.1, -0.05) is 19.3 Å². The summed E-state index contributed by atoms with van der Waals surface area (Å²) >= 11 is 0. The first kappa shape index (κ1) is 24.1. The number of hydrogen-bond acceptors (Lipinski definition) is 7. The van der Waals surface area contributed by atoms with E-state index >= 15 is 0 Å². The largest absolute Gasteiger partial charge is 0.496 e. The molecular weight excluding hydrogens is 434 g/mol. The van der Waals surface area contributed by atoms with E-state index in [-0.39, 0.29) is 24.5 Å². The van der Waals surface area contributed by atoms with Crippen molar-refractivity contribution in [2.24, 2.45) is 5.92 Å². The monoisotopic (exact) mass is 469 g/mol. The molecule has 8 heteroatoms. The molecule has 1 saturated heterocycles. The summed E-state index contributed by atoms with van der Waals surface area (Å²) in [6, 6.07) is 3.79. The van der Waals surface area contributed by atoms with Crippen LogP contribution in [-0.2, 0) is 9.53 Å². The minimum absolute atomic E-state index is 0.140. The summed E-state index contributed by atoms with van der Waals surface area (Å²) in [4.78, 5) is 32.3. The third-order valence-corrected chi connectivity index (χ3v) is 6.99. The number of carbonyl (C=O) groups is 2. The molecule has 34 heavy (non-hydrogen) atoms. The minimum atomic E-state index is -0.413. The van der Waals surface area contributed by atoms with Crippen LogP contribution in [0.5, 0.6) is 11.5 Å². The summed E-state index contributed by atoms with van der Waals surface area (Å²) in [5, 5.41) is 4.02. The lowest BCUT2D eigenvalue weighted by Crippen LogP contribution is -2.47. The number of methoxy groups -OCH3 is 2. The van der Waals surface area contributed by atoms with E-state index in [4.69, 9.17) is 14.2 Å². The zero-order valence-corrected chi connectivity index (χ0v) is 20.4. The molecule has 1 aliphatic heterocycles. The van der Waals surface area contributed by atoms with Crippen LogP contribution in [0.25, 0.3) is 10.9 Å². The molecule has 0 radical (unpaired) electrons. The van der Waals surface area contributed by atoms with Gasteiger partial charge in [0.25, 0.3) is 0 Å². The Bertz CT molecular complexity index is 1030. The number of nitrogens with zero attached hydrogens (tertiary/aromatic N) is 2. The molecule has 2 aliphatic rings. The molecule has 1 aliphatic carbocycles. The zero-order valence-electron chi connectivity index (χ0n) is 20.4. The third kappa shape index (κ3) is 4.91. The molecule has 2 aromatic rings. The normalized spacial score (nSPS) is 17.4. The van der Waals surface area contributed by atoms with Crippen molar-refractivity contribution in [1.82, 2.24) is 10.3 Å². The van der Waals surface area contributed by atoms with Crippen LogP contribution in [-0.4, -0.2) is 56.8 Å². The number of pyridine rings is 1. The number of carbonyl (C=O) groups excluding carboxylic acids is 2. The van der Waals surface area contributed by atoms with Crippen LogP contribution in [0.4, 0.5) is 5.69 Å². The lowest BCUT2D eigenvalue weighted by atomic mass is 9.88. The Morgan fingerprint density at radius 1 is 1.03 bits per heavy atom. The first-order chi connectivity index (χ1) is 16.6. The van der Waals surface area contributed by atoms with E-state index in [1.165, 1.54) is 6.42 Å². The van der Waals surface area contributed by atoms with Gasteiger partial charge in [0.1, 0.15) is 22.6 Å². The Labute approximate surface area is 200 Å². The molecule has 8 nitrogen and oxygen atoms in total. The Hall–Kier alpha value is -3.03. The summed E-state index contributed by atoms with van der Waals surface area (Å²) in [5.74, 6) is 1.18. The van der Waals surface area contributed by atoms with Crippen molar-refractivity contribution in [2.75, 3.05) is 38.8 Å². The molecule has 1 amide bonds. The lowest BCUT2D eigenvalue weighted by Gasteiger charge is -2.36. The van der Waals surface area contributed by atoms with E-state index in [0.29, 0.717) is 35.7 Å². The number of esters is 1. The predicted octanol–water partition coefficient (Wildman–Crippen LogP) is 4.09. The van der Waals surface area contributed by atoms with Gasteiger partial charge in [-0.2, -0.15) is 0 Å². The molecule has 0 bridgehead atoms. The molecular formula is C26H35N3O5. The second-order valence-corrected chi connectivity index (χ2v) is 9.04. The van der Waals surface area contributed by atoms with Gasteiger partial charge in [0.15, 0.2) is 0 Å². The van der Waals surface area contributed by atoms with Gasteiger partial charge in [0.2, 0.25) is 5.91 Å². The first-order valence-electron chi connectivity index (χ1n) is 12.3. The standard InChI is InChI=1S/C26H35N3O5/c1-4-34-26(31)19-16-27-23-21(33-3)11-10-20(32-2)22(23)24(19)29-14-12-18(13-15-29)28-25(30)17-8-6-5-7-9-17/h10-11,16-18H,4-9,12-15H2,1-3H3,(H,28,30). The number of hydrogen-bond donors (Lipinski definition) is 1. The van der Waals surface area contributed by atoms with Crippen molar-refractivity contribution in [2.45, 2.75) is 57.9 Å². The van der Waals surface area contributed by atoms with Crippen LogP contribution in [0.3, 0.4) is 0 Å². The van der Waals surface area contributed by atoms with Crippen molar-refractivity contribution in [3.8, 4) is 11.5 Å². The summed E-state index contributed by atoms with van der Waals surface area (Å²) in [6.45, 7) is 3.46. The molecule has 2 heterocycles. The smallest absolute Gasteiger partial charge is 0.341 e. The second kappa shape index (κ2) is 10.9. The van der Waals surface area contributed by atoms with Crippen molar-refractivity contribution < 1.29 is 23.8 Å². The topological polar surface area (TPSA) is 90.0 Å². The average Bonchev–Trinajstić information content (AvgIpc) is 2.88. The molecule has 1 saturated carbocycles. The van der Waals surface area contributed by atoms with Crippen molar-refractivity contribution in [1.29, 1.82) is 0 Å². The van der Waals surface area contributed by atoms with Gasteiger partial charge in [-0.25, -0.2) is 4.79 Å². The quantitative estimate of drug-likeness (QED) is 0.611. The van der Waals surface area contributed by atoms with E-state index in [1.807, 2.05) is 12.1 Å². The molecule has 1 aromatic carbocycles. The van der Waals surface area contributed by atoms with Crippen molar-refractivity contribution in [3.63, 3.8) is 0 Å². The number of amides is 1. The summed E-state index contributed by atoms with van der Waals surface area (Å²) in [5.41, 5.74) is 1.79. The van der Waals surface area contributed by atoms with Crippen LogP contribution >= 0.6 is 0 Å². The van der Waals surface area contributed by atoms with E-state index in [1.54, 1.807) is 27.3 Å². The maximum absolute atomic E-state index is 12.9. The molecule has 2 fully saturated rings. The number of rotatable bonds is 7. The Kier molecular flexibility index (Phi) is 7.75. The molecule has 184 valence electrons. The molecule has 0 atom stereocenters. The fourth-order valence-electron chi connectivity index (χ4n) is 5.19. The highest BCUT2D eigenvalue weighted by atomic mass is 16.5. The van der Waals surface area contributed by atoms with E-state index in [0.717, 1.165) is 49.6 Å². The van der Waals surface area contributed by atoms with E-state index in [9.17, 15) is 9.59 Å². The highest BCUT2D eigenvalue weighted by Gasteiger charge is 2.30. The third-order valence-electron chi connectivity index (χ3n) is 6.99. The number of anilines is 1. The van der Waals surface area contributed by atoms with Crippen molar-refractivity contribution in [3.05, 3.63) is 23.9 Å². The Morgan fingerprint density at radius 3 is 2.35 bits per heavy atom. The fourth-order valence-corrected chi connectivity index (χ4v) is 5.19. The number of piperidine rings is 1. The summed E-state index contributed by atoms with van der Waals surface area (Å²) in [6.07, 6.45) is 8.69. The fraction of sp³-hybridized carbons (Fsp3) is 0.577. The second-order valence-electron chi connectivity index (χ2n) is 9.04. The highest BCUT2D eigenvalue weighted by Crippen LogP contribution is 2.41. The van der Waals surface area contributed by atoms with Crippen molar-refractivity contribution >= 4 is 28.5 Å². The molecule has 0 unspecified atom stereocenters. The van der Waals surface area contributed by atoms with Crippen LogP contribution < -0.4 is 19.7 Å². The van der Waals surface area contributed by atoms with Gasteiger partial charge in [0.05, 0.1) is 31.9 Å². The molecule has 0 spiro atoms. The summed E-state index contributed by atoms with van der Waals surface area (Å²) < 4.78 is 16.5. The first-order valence-corrected chi connectivity index (χ1v) is 12.3. The van der Waals surface area contributed by atoms with E-state index in [2.05, 4.69) is 15.2 Å². The van der Waals surface area contributed by atoms with Gasteiger partial charge in [-0.15, -0.1) is 0 Å². The van der Waals surface area contributed by atoms with Crippen LogP contribution in [0.15, 0.2) is 18.3 Å². The average molecular weight is 470 g/mol. The van der Waals surface area contributed by atoms with Crippen LogP contribution in [0.2, 0.25) is 0 Å². The predicted molar refractivity (Wildman–Crippen MR) is 131 cm³/mol. The Morgan fingerprint density at radius 2 is 1.71 bits per heavy atom. The number of nitrogens with one attached hydrogen (secondary N) is 1. The van der Waals surface area contributed by atoms with Crippen LogP contribution in [0, 0.1) is 5.92 Å². The number of ether oxygens (including phenoxy) is 3. The number of benzene rings is 1. The van der Waals surface area contributed by atoms with Gasteiger partial charge in [0, 0.05) is 31.2 Å². The van der Waals surface area contributed by atoms with Gasteiger partial charge >= 0.3 is 5.97 Å². The van der Waals surface area contributed by atoms with Gasteiger partial charge in [-0.3, -0.25) is 9.78 Å². The number of fused-ring (bicyclic) bond motifs is 1. The molecule has 1 N–H and O–H groups in total. The molecule has 1 aromatic heterocycles. The summed E-state index contributed by atoms with van der Waals surface area (Å²) in [7, 11) is 3.21. The minimum Gasteiger partial charge on any atom is -0.496 e. The van der Waals surface area contributed by atoms with E-state index < -0.39 is 5.97 Å². The maximum Gasteiger partial charge on any atom is 0.341 e. The highest BCUT2D eigenvalue weighted by molar-refractivity contribution is 6.09. The maximum atomic E-state index is 12.9. The lowest BCUT2D eigenvalue weighted by molar-refractivity contribution is -0.126. The molecule has 4 rings (SSSR count).